The van der Waals surface area contributed by atoms with E-state index in [1.165, 1.54) is 0 Å². The molecule has 6 atom stereocenters. The van der Waals surface area contributed by atoms with Crippen LogP contribution in [0.5, 0.6) is 0 Å². The van der Waals surface area contributed by atoms with E-state index in [-0.39, 0.29) is 24.0 Å². The van der Waals surface area contributed by atoms with Gasteiger partial charge >= 0.3 is 5.97 Å². The van der Waals surface area contributed by atoms with Crippen molar-refractivity contribution >= 4 is 17.3 Å². The summed E-state index contributed by atoms with van der Waals surface area (Å²) < 4.78 is 5.83. The number of carbonyl (C=O) groups is 2. The first-order valence-electron chi connectivity index (χ1n) is 13.7. The summed E-state index contributed by atoms with van der Waals surface area (Å²) in [5.41, 5.74) is 3.74. The molecule has 2 rings (SSSR count). The van der Waals surface area contributed by atoms with Crippen LogP contribution in [0.15, 0.2) is 48.7 Å². The fraction of sp³-hybridized carbons (Fsp3) is 0.594. The Morgan fingerprint density at radius 2 is 1.89 bits per heavy atom. The van der Waals surface area contributed by atoms with E-state index < -0.39 is 35.6 Å². The summed E-state index contributed by atoms with van der Waals surface area (Å²) in [6.45, 7) is 20.6. The third-order valence-corrected chi connectivity index (χ3v) is 8.11. The van der Waals surface area contributed by atoms with Crippen molar-refractivity contribution in [3.63, 3.8) is 0 Å². The first-order valence-corrected chi connectivity index (χ1v) is 13.7. The second-order valence-electron chi connectivity index (χ2n) is 11.8. The maximum absolute atomic E-state index is 13.3. The first kappa shape index (κ1) is 31.6. The van der Waals surface area contributed by atoms with E-state index in [0.717, 1.165) is 47.2 Å². The molecule has 0 aromatic carbocycles. The van der Waals surface area contributed by atoms with Crippen LogP contribution in [0.1, 0.15) is 84.9 Å². The topological polar surface area (TPSA) is 96.7 Å². The summed E-state index contributed by atoms with van der Waals surface area (Å²) in [5.74, 6) is -1.69. The maximum atomic E-state index is 13.3. The molecule has 1 heterocycles. The van der Waals surface area contributed by atoms with Gasteiger partial charge in [-0.05, 0) is 75.1 Å². The first-order chi connectivity index (χ1) is 17.7. The third-order valence-electron chi connectivity index (χ3n) is 8.11. The Morgan fingerprint density at radius 1 is 1.24 bits per heavy atom. The van der Waals surface area contributed by atoms with Crippen LogP contribution < -0.4 is 0 Å². The quantitative estimate of drug-likeness (QED) is 0.228. The molecular formula is C32H47NO5. The molecule has 1 aliphatic rings. The molecule has 6 nitrogen and oxygen atoms in total. The predicted octanol–water partition coefficient (Wildman–Crippen LogP) is 6.01. The zero-order valence-corrected chi connectivity index (χ0v) is 24.3. The number of aliphatic hydroxyl groups excluding tert-OH is 2. The Labute approximate surface area is 228 Å². The van der Waals surface area contributed by atoms with Crippen molar-refractivity contribution in [3.8, 4) is 0 Å². The molecule has 0 radical (unpaired) electrons. The molecule has 1 aliphatic carbocycles. The molecular weight excluding hydrogens is 478 g/mol. The number of aliphatic hydroxyl groups is 2. The fourth-order valence-electron chi connectivity index (χ4n) is 5.23. The highest BCUT2D eigenvalue weighted by atomic mass is 16.5. The van der Waals surface area contributed by atoms with Crippen molar-refractivity contribution in [1.82, 2.24) is 4.98 Å². The van der Waals surface area contributed by atoms with Gasteiger partial charge in [-0.1, -0.05) is 45.4 Å². The number of pyridine rings is 1. The average molecular weight is 526 g/mol. The Kier molecular flexibility index (Phi) is 11.2. The number of allylic oxidation sites excluding steroid dienone is 2. The Morgan fingerprint density at radius 3 is 2.45 bits per heavy atom. The van der Waals surface area contributed by atoms with Gasteiger partial charge in [0.25, 0.3) is 0 Å². The highest BCUT2D eigenvalue weighted by Crippen LogP contribution is 2.40. The van der Waals surface area contributed by atoms with Gasteiger partial charge in [0.05, 0.1) is 29.7 Å². The van der Waals surface area contributed by atoms with Gasteiger partial charge in [0.1, 0.15) is 11.9 Å². The Bertz CT molecular complexity index is 1040. The van der Waals surface area contributed by atoms with Gasteiger partial charge in [-0.3, -0.25) is 14.6 Å². The van der Waals surface area contributed by atoms with E-state index in [4.69, 9.17) is 4.74 Å². The average Bonchev–Trinajstić information content (AvgIpc) is 3.17. The van der Waals surface area contributed by atoms with Crippen LogP contribution in [0.4, 0.5) is 0 Å². The lowest BCUT2D eigenvalue weighted by Gasteiger charge is -2.34. The summed E-state index contributed by atoms with van der Waals surface area (Å²) in [5, 5.41) is 21.8. The van der Waals surface area contributed by atoms with Crippen molar-refractivity contribution in [1.29, 1.82) is 0 Å². The molecule has 2 N–H and O–H groups in total. The fourth-order valence-corrected chi connectivity index (χ4v) is 5.23. The number of rotatable bonds is 14. The molecule has 210 valence electrons. The summed E-state index contributed by atoms with van der Waals surface area (Å²) in [6.07, 6.45) is 3.93. The van der Waals surface area contributed by atoms with Gasteiger partial charge < -0.3 is 14.9 Å². The van der Waals surface area contributed by atoms with Crippen LogP contribution in [0.3, 0.4) is 0 Å². The highest BCUT2D eigenvalue weighted by molar-refractivity contribution is 5.88. The van der Waals surface area contributed by atoms with Gasteiger partial charge in [-0.2, -0.15) is 0 Å². The number of nitrogens with zero attached hydrogens (tertiary/aromatic N) is 1. The lowest BCUT2D eigenvalue weighted by Crippen LogP contribution is -2.45. The lowest BCUT2D eigenvalue weighted by atomic mass is 9.73. The minimum atomic E-state index is -1.25. The van der Waals surface area contributed by atoms with E-state index in [0.29, 0.717) is 6.42 Å². The van der Waals surface area contributed by atoms with Crippen LogP contribution in [-0.2, 0) is 14.3 Å². The number of ketones is 1. The molecule has 0 saturated heterocycles. The normalized spacial score (nSPS) is 21.0. The second-order valence-corrected chi connectivity index (χ2v) is 11.8. The predicted molar refractivity (Wildman–Crippen MR) is 152 cm³/mol. The lowest BCUT2D eigenvalue weighted by molar-refractivity contribution is -0.155. The van der Waals surface area contributed by atoms with Crippen molar-refractivity contribution in [2.75, 3.05) is 0 Å². The monoisotopic (exact) mass is 525 g/mol. The number of ether oxygens (including phenoxy) is 1. The van der Waals surface area contributed by atoms with Crippen LogP contribution in [0.2, 0.25) is 0 Å². The van der Waals surface area contributed by atoms with Crippen molar-refractivity contribution in [2.24, 2.45) is 23.2 Å². The molecule has 0 amide bonds. The molecule has 0 aliphatic heterocycles. The largest absolute Gasteiger partial charge is 0.457 e. The zero-order valence-electron chi connectivity index (χ0n) is 24.3. The second kappa shape index (κ2) is 13.5. The number of aromatic nitrogens is 1. The van der Waals surface area contributed by atoms with Gasteiger partial charge in [0, 0.05) is 18.0 Å². The minimum absolute atomic E-state index is 0.0728. The van der Waals surface area contributed by atoms with E-state index in [1.807, 2.05) is 46.0 Å². The van der Waals surface area contributed by atoms with Crippen LogP contribution in [0, 0.1) is 30.1 Å². The molecule has 0 bridgehead atoms. The summed E-state index contributed by atoms with van der Waals surface area (Å²) in [7, 11) is 0. The molecule has 1 aromatic heterocycles. The van der Waals surface area contributed by atoms with Crippen molar-refractivity contribution in [3.05, 3.63) is 60.0 Å². The summed E-state index contributed by atoms with van der Waals surface area (Å²) in [4.78, 5) is 30.8. The number of Topliss-reactive ketones (excluding diaryl/α,β-unsaturated/α-hetero) is 1. The minimum Gasteiger partial charge on any atom is -0.457 e. The zero-order chi connectivity index (χ0) is 28.8. The van der Waals surface area contributed by atoms with Gasteiger partial charge in [0.15, 0.2) is 0 Å². The smallest absolute Gasteiger partial charge is 0.309 e. The molecule has 1 aromatic rings. The molecule has 6 heteroatoms. The number of esters is 1. The van der Waals surface area contributed by atoms with Crippen LogP contribution >= 0.6 is 0 Å². The standard InChI is InChI=1S/C32H47NO5/c1-10-24-16-25(26-15-14-20(4)18-33-26)22(6)30(24)38-28(35)17-27(34)32(8,9)31(37)23(7)29(36)21(5)13-11-12-19(2)3/h10,14-15,18,21,23-24,27,29-30,34,36H,1-2,11-13,16-17H2,3-9H3/t21-,23+,24+,27-,29-,30+/m0/s1. The summed E-state index contributed by atoms with van der Waals surface area (Å²) >= 11 is 0. The van der Waals surface area contributed by atoms with Crippen molar-refractivity contribution in [2.45, 2.75) is 98.9 Å². The number of hydrogen-bond donors (Lipinski definition) is 2. The third kappa shape index (κ3) is 7.73. The molecule has 38 heavy (non-hydrogen) atoms. The maximum Gasteiger partial charge on any atom is 0.309 e. The number of aryl methyl sites for hydroxylation is 1. The number of hydrogen-bond acceptors (Lipinski definition) is 6. The molecule has 0 saturated carbocycles. The number of carbonyl (C=O) groups excluding carboxylic acids is 2. The highest BCUT2D eigenvalue weighted by Gasteiger charge is 2.43. The van der Waals surface area contributed by atoms with Crippen molar-refractivity contribution < 1.29 is 24.5 Å². The SMILES string of the molecule is C=C[C@@H]1CC(c2ccc(C)cn2)=C(C)[C@H]1OC(=O)C[C@H](O)C(C)(C)C(=O)[C@H](C)[C@@H](O)[C@@H](C)CCCC(=C)C. The van der Waals surface area contributed by atoms with Gasteiger partial charge in [0.2, 0.25) is 0 Å². The molecule has 0 spiro atoms. The van der Waals surface area contributed by atoms with Crippen LogP contribution in [-0.4, -0.2) is 45.3 Å². The van der Waals surface area contributed by atoms with Gasteiger partial charge in [-0.25, -0.2) is 0 Å². The van der Waals surface area contributed by atoms with E-state index >= 15 is 0 Å². The van der Waals surface area contributed by atoms with E-state index in [1.54, 1.807) is 26.8 Å². The summed E-state index contributed by atoms with van der Waals surface area (Å²) in [6, 6.07) is 3.97. The molecule has 0 unspecified atom stereocenters. The Hall–Kier alpha value is -2.57. The van der Waals surface area contributed by atoms with Crippen LogP contribution in [0.25, 0.3) is 5.57 Å². The Balaban J connectivity index is 2.04. The van der Waals surface area contributed by atoms with Gasteiger partial charge in [-0.15, -0.1) is 13.2 Å². The van der Waals surface area contributed by atoms with E-state index in [9.17, 15) is 19.8 Å². The van der Waals surface area contributed by atoms with E-state index in [2.05, 4.69) is 18.1 Å². The molecule has 0 fully saturated rings.